The molecule has 0 amide bonds. The molecule has 0 saturated heterocycles. The van der Waals surface area contributed by atoms with Gasteiger partial charge in [-0.15, -0.1) is 10.2 Å². The van der Waals surface area contributed by atoms with Crippen molar-refractivity contribution in [2.24, 2.45) is 7.05 Å². The molecule has 0 aliphatic heterocycles. The molecular weight excluding hydrogens is 376 g/mol. The van der Waals surface area contributed by atoms with Gasteiger partial charge in [-0.25, -0.2) is 13.8 Å². The van der Waals surface area contributed by atoms with E-state index in [1.54, 1.807) is 0 Å². The Morgan fingerprint density at radius 2 is 1.73 bits per heavy atom. The second-order valence-corrected chi connectivity index (χ2v) is 5.70. The van der Waals surface area contributed by atoms with Crippen molar-refractivity contribution in [3.63, 3.8) is 0 Å². The van der Waals surface area contributed by atoms with Crippen LogP contribution < -0.4 is 4.74 Å². The van der Waals surface area contributed by atoms with Gasteiger partial charge in [0.2, 0.25) is 5.88 Å². The Bertz CT molecular complexity index is 957. The van der Waals surface area contributed by atoms with E-state index in [4.69, 9.17) is 11.6 Å². The van der Waals surface area contributed by atoms with Crippen LogP contribution in [0.15, 0.2) is 24.3 Å². The number of nitrogens with zero attached hydrogens (tertiary/aromatic N) is 4. The first-order valence-electron chi connectivity index (χ1n) is 7.25. The second-order valence-electron chi connectivity index (χ2n) is 5.29. The highest BCUT2D eigenvalue weighted by atomic mass is 35.5. The van der Waals surface area contributed by atoms with E-state index in [0.29, 0.717) is 0 Å². The second kappa shape index (κ2) is 6.91. The van der Waals surface area contributed by atoms with Gasteiger partial charge in [-0.1, -0.05) is 17.7 Å². The highest BCUT2D eigenvalue weighted by Crippen LogP contribution is 2.34. The fourth-order valence-corrected chi connectivity index (χ4v) is 2.54. The number of aryl methyl sites for hydroxylation is 1. The van der Waals surface area contributed by atoms with Gasteiger partial charge in [0, 0.05) is 7.05 Å². The van der Waals surface area contributed by atoms with Crippen LogP contribution in [-0.4, -0.2) is 26.4 Å². The molecule has 0 N–H and O–H groups in total. The van der Waals surface area contributed by atoms with Gasteiger partial charge in [-0.05, 0) is 25.1 Å². The zero-order valence-electron chi connectivity index (χ0n) is 13.5. The summed E-state index contributed by atoms with van der Waals surface area (Å²) in [5.41, 5.74) is -0.108. The van der Waals surface area contributed by atoms with E-state index >= 15 is 0 Å². The van der Waals surface area contributed by atoms with E-state index in [9.17, 15) is 17.6 Å². The topological polar surface area (TPSA) is 52.8 Å². The maximum Gasteiger partial charge on any atom is 0.388 e. The molecule has 2 aromatic heterocycles. The third-order valence-corrected chi connectivity index (χ3v) is 4.00. The Morgan fingerprint density at radius 3 is 2.35 bits per heavy atom. The molecule has 10 heteroatoms. The average molecular weight is 387 g/mol. The number of hydrogen-bond acceptors (Lipinski definition) is 4. The van der Waals surface area contributed by atoms with E-state index in [1.807, 2.05) is 0 Å². The molecule has 0 aliphatic carbocycles. The van der Waals surface area contributed by atoms with Crippen LogP contribution in [0.5, 0.6) is 5.88 Å². The fraction of sp³-hybridized carbons (Fsp3) is 0.188. The van der Waals surface area contributed by atoms with Crippen molar-refractivity contribution in [3.05, 3.63) is 46.6 Å². The van der Waals surface area contributed by atoms with E-state index in [0.717, 1.165) is 12.1 Å². The molecule has 0 saturated carbocycles. The molecule has 3 aromatic rings. The molecule has 0 fully saturated rings. The van der Waals surface area contributed by atoms with Gasteiger partial charge in [-0.3, -0.25) is 0 Å². The number of aromatic nitrogens is 4. The summed E-state index contributed by atoms with van der Waals surface area (Å²) in [6, 6.07) is 4.68. The summed E-state index contributed by atoms with van der Waals surface area (Å²) in [7, 11) is 1.43. The van der Waals surface area contributed by atoms with Crippen molar-refractivity contribution >= 4 is 11.6 Å². The lowest BCUT2D eigenvalue weighted by molar-refractivity contribution is -0.0525. The minimum atomic E-state index is -3.13. The Labute approximate surface area is 150 Å². The van der Waals surface area contributed by atoms with Crippen molar-refractivity contribution in [1.29, 1.82) is 0 Å². The fourth-order valence-electron chi connectivity index (χ4n) is 2.39. The van der Waals surface area contributed by atoms with Crippen molar-refractivity contribution in [2.45, 2.75) is 13.5 Å². The average Bonchev–Trinajstić information content (AvgIpc) is 2.92. The molecule has 3 rings (SSSR count). The first kappa shape index (κ1) is 18.1. The lowest BCUT2D eigenvalue weighted by atomic mass is 10.2. The SMILES string of the molecule is Cc1nc(OC(F)F)c(-c2nnc(-c3c(F)cccc3F)n2C)cc1Cl. The van der Waals surface area contributed by atoms with Crippen LogP contribution in [0.3, 0.4) is 0 Å². The number of pyridine rings is 1. The number of rotatable bonds is 4. The molecule has 1 aromatic carbocycles. The molecule has 0 atom stereocenters. The molecule has 0 aliphatic rings. The van der Waals surface area contributed by atoms with E-state index in [2.05, 4.69) is 19.9 Å². The van der Waals surface area contributed by atoms with Gasteiger partial charge in [0.15, 0.2) is 11.6 Å². The van der Waals surface area contributed by atoms with Crippen LogP contribution in [0.1, 0.15) is 5.69 Å². The first-order chi connectivity index (χ1) is 12.3. The smallest absolute Gasteiger partial charge is 0.388 e. The largest absolute Gasteiger partial charge is 0.416 e. The van der Waals surface area contributed by atoms with Crippen molar-refractivity contribution in [3.8, 4) is 28.7 Å². The summed E-state index contributed by atoms with van der Waals surface area (Å²) in [5, 5.41) is 7.80. The van der Waals surface area contributed by atoms with Crippen LogP contribution in [0.25, 0.3) is 22.8 Å². The van der Waals surface area contributed by atoms with E-state index in [-0.39, 0.29) is 27.9 Å². The Morgan fingerprint density at radius 1 is 1.12 bits per heavy atom. The Kier molecular flexibility index (Phi) is 4.82. The van der Waals surface area contributed by atoms with Gasteiger partial charge < -0.3 is 9.30 Å². The van der Waals surface area contributed by atoms with Gasteiger partial charge in [0.25, 0.3) is 0 Å². The summed E-state index contributed by atoms with van der Waals surface area (Å²) in [4.78, 5) is 3.88. The highest BCUT2D eigenvalue weighted by molar-refractivity contribution is 6.31. The summed E-state index contributed by atoms with van der Waals surface area (Å²) in [6.45, 7) is -1.61. The standard InChI is InChI=1S/C16H11ClF4N4O/c1-7-9(17)6-8(15(22-7)26-16(20)21)13-23-24-14(25(13)2)12-10(18)4-3-5-11(12)19/h3-6,16H,1-2H3. The monoisotopic (exact) mass is 386 g/mol. The zero-order valence-corrected chi connectivity index (χ0v) is 14.2. The minimum absolute atomic E-state index is 0.00713. The molecule has 0 spiro atoms. The van der Waals surface area contributed by atoms with Gasteiger partial charge in [-0.2, -0.15) is 8.78 Å². The quantitative estimate of drug-likeness (QED) is 0.624. The molecule has 0 bridgehead atoms. The maximum atomic E-state index is 14.0. The van der Waals surface area contributed by atoms with Crippen LogP contribution >= 0.6 is 11.6 Å². The van der Waals surface area contributed by atoms with E-state index in [1.165, 1.54) is 30.7 Å². The number of hydrogen-bond donors (Lipinski definition) is 0. The normalized spacial score (nSPS) is 11.2. The Hall–Kier alpha value is -2.68. The number of benzene rings is 1. The van der Waals surface area contributed by atoms with Crippen LogP contribution in [0.2, 0.25) is 5.02 Å². The van der Waals surface area contributed by atoms with Crippen molar-refractivity contribution < 1.29 is 22.3 Å². The lowest BCUT2D eigenvalue weighted by Crippen LogP contribution is -2.07. The Balaban J connectivity index is 2.18. The molecule has 5 nitrogen and oxygen atoms in total. The van der Waals surface area contributed by atoms with Crippen LogP contribution in [-0.2, 0) is 7.05 Å². The third-order valence-electron chi connectivity index (χ3n) is 3.62. The molecule has 26 heavy (non-hydrogen) atoms. The zero-order chi connectivity index (χ0) is 19.0. The van der Waals surface area contributed by atoms with Crippen LogP contribution in [0, 0.1) is 18.6 Å². The van der Waals surface area contributed by atoms with Crippen molar-refractivity contribution in [2.75, 3.05) is 0 Å². The summed E-state index contributed by atoms with van der Waals surface area (Å²) in [6.07, 6.45) is 0. The highest BCUT2D eigenvalue weighted by Gasteiger charge is 2.23. The van der Waals surface area contributed by atoms with Crippen molar-refractivity contribution in [1.82, 2.24) is 19.7 Å². The minimum Gasteiger partial charge on any atom is -0.416 e. The summed E-state index contributed by atoms with van der Waals surface area (Å²) >= 11 is 6.02. The molecular formula is C16H11ClF4N4O. The van der Waals surface area contributed by atoms with Gasteiger partial charge in [0.1, 0.15) is 11.6 Å². The van der Waals surface area contributed by atoms with Gasteiger partial charge in [0.05, 0.1) is 21.8 Å². The summed E-state index contributed by atoms with van der Waals surface area (Å²) in [5.74, 6) is -2.21. The molecule has 2 heterocycles. The maximum absolute atomic E-state index is 14.0. The molecule has 0 radical (unpaired) electrons. The predicted octanol–water partition coefficient (Wildman–Crippen LogP) is 4.39. The number of alkyl halides is 2. The molecule has 136 valence electrons. The van der Waals surface area contributed by atoms with E-state index < -0.39 is 29.7 Å². The third kappa shape index (κ3) is 3.22. The summed E-state index contributed by atoms with van der Waals surface area (Å²) < 4.78 is 59.1. The molecule has 0 unspecified atom stereocenters. The number of ether oxygens (including phenoxy) is 1. The number of halogens is 5. The lowest BCUT2D eigenvalue weighted by Gasteiger charge is -2.12. The van der Waals surface area contributed by atoms with Gasteiger partial charge >= 0.3 is 6.61 Å². The van der Waals surface area contributed by atoms with Crippen LogP contribution in [0.4, 0.5) is 17.6 Å². The predicted molar refractivity (Wildman–Crippen MR) is 86.0 cm³/mol. The first-order valence-corrected chi connectivity index (χ1v) is 7.63.